The van der Waals surface area contributed by atoms with Crippen LogP contribution in [0.25, 0.3) is 10.9 Å². The Hall–Kier alpha value is -2.00. The molecule has 3 rings (SSSR count). The van der Waals surface area contributed by atoms with E-state index in [1.165, 1.54) is 5.56 Å². The monoisotopic (exact) mass is 255 g/mol. The van der Waals surface area contributed by atoms with Gasteiger partial charge in [0, 0.05) is 29.9 Å². The van der Waals surface area contributed by atoms with E-state index in [1.807, 2.05) is 36.5 Å². The number of halogens is 1. The molecule has 2 heterocycles. The molecule has 0 spiro atoms. The van der Waals surface area contributed by atoms with Gasteiger partial charge in [0.25, 0.3) is 0 Å². The molecule has 0 saturated carbocycles. The van der Waals surface area contributed by atoms with E-state index in [-0.39, 0.29) is 5.28 Å². The van der Waals surface area contributed by atoms with Crippen molar-refractivity contribution in [3.8, 4) is 0 Å². The molecule has 4 heteroatoms. The second-order valence-corrected chi connectivity index (χ2v) is 4.32. The molecule has 0 bridgehead atoms. The lowest BCUT2D eigenvalue weighted by Gasteiger charge is -2.05. The molecule has 3 aromatic rings. The van der Waals surface area contributed by atoms with E-state index in [1.54, 1.807) is 6.20 Å². The van der Waals surface area contributed by atoms with Crippen molar-refractivity contribution in [2.75, 3.05) is 0 Å². The molecular weight excluding hydrogens is 246 g/mol. The molecule has 18 heavy (non-hydrogen) atoms. The summed E-state index contributed by atoms with van der Waals surface area (Å²) >= 11 is 5.79. The van der Waals surface area contributed by atoms with Gasteiger partial charge in [-0.25, -0.2) is 9.97 Å². The lowest BCUT2D eigenvalue weighted by atomic mass is 10.0. The van der Waals surface area contributed by atoms with E-state index in [9.17, 15) is 0 Å². The summed E-state index contributed by atoms with van der Waals surface area (Å²) < 4.78 is 0. The zero-order valence-corrected chi connectivity index (χ0v) is 10.3. The number of fused-ring (bicyclic) bond motifs is 1. The van der Waals surface area contributed by atoms with Gasteiger partial charge < -0.3 is 0 Å². The van der Waals surface area contributed by atoms with Gasteiger partial charge in [-0.2, -0.15) is 0 Å². The van der Waals surface area contributed by atoms with Crippen LogP contribution in [0.2, 0.25) is 5.28 Å². The van der Waals surface area contributed by atoms with Crippen molar-refractivity contribution in [2.24, 2.45) is 0 Å². The van der Waals surface area contributed by atoms with Gasteiger partial charge in [-0.15, -0.1) is 0 Å². The minimum absolute atomic E-state index is 0.283. The number of benzene rings is 1. The van der Waals surface area contributed by atoms with E-state index < -0.39 is 0 Å². The lowest BCUT2D eigenvalue weighted by Crippen LogP contribution is -1.95. The van der Waals surface area contributed by atoms with Crippen molar-refractivity contribution in [2.45, 2.75) is 6.42 Å². The lowest BCUT2D eigenvalue weighted by molar-refractivity contribution is 1.03. The number of hydrogen-bond donors (Lipinski definition) is 0. The summed E-state index contributed by atoms with van der Waals surface area (Å²) in [6.07, 6.45) is 4.22. The van der Waals surface area contributed by atoms with Crippen molar-refractivity contribution < 1.29 is 0 Å². The van der Waals surface area contributed by atoms with E-state index in [0.29, 0.717) is 0 Å². The molecule has 0 atom stereocenters. The predicted molar refractivity (Wildman–Crippen MR) is 71.6 cm³/mol. The summed E-state index contributed by atoms with van der Waals surface area (Å²) in [7, 11) is 0. The van der Waals surface area contributed by atoms with Crippen LogP contribution < -0.4 is 0 Å². The topological polar surface area (TPSA) is 38.7 Å². The molecule has 0 aliphatic rings. The minimum atomic E-state index is 0.283. The molecule has 0 unspecified atom stereocenters. The fourth-order valence-electron chi connectivity index (χ4n) is 1.97. The molecule has 0 aliphatic heterocycles. The molecule has 0 N–H and O–H groups in total. The van der Waals surface area contributed by atoms with Crippen molar-refractivity contribution in [3.05, 3.63) is 65.3 Å². The quantitative estimate of drug-likeness (QED) is 0.660. The number of para-hydroxylation sites is 1. The SMILES string of the molecule is Clc1nccc(Cc2ccnc3ccccc23)n1. The molecule has 2 aromatic heterocycles. The maximum atomic E-state index is 5.79. The first-order valence-electron chi connectivity index (χ1n) is 5.63. The number of aromatic nitrogens is 3. The van der Waals surface area contributed by atoms with Crippen LogP contribution in [0.5, 0.6) is 0 Å². The molecule has 3 nitrogen and oxygen atoms in total. The molecule has 0 radical (unpaired) electrons. The van der Waals surface area contributed by atoms with Gasteiger partial charge in [-0.05, 0) is 35.4 Å². The summed E-state index contributed by atoms with van der Waals surface area (Å²) in [4.78, 5) is 12.4. The highest BCUT2D eigenvalue weighted by Crippen LogP contribution is 2.18. The molecule has 88 valence electrons. The second-order valence-electron chi connectivity index (χ2n) is 3.98. The first kappa shape index (κ1) is 11.1. The largest absolute Gasteiger partial charge is 0.256 e. The Balaban J connectivity index is 2.05. The van der Waals surface area contributed by atoms with Crippen molar-refractivity contribution in [1.82, 2.24) is 15.0 Å². The van der Waals surface area contributed by atoms with Gasteiger partial charge in [-0.3, -0.25) is 4.98 Å². The molecule has 1 aromatic carbocycles. The van der Waals surface area contributed by atoms with Gasteiger partial charge >= 0.3 is 0 Å². The normalized spacial score (nSPS) is 10.7. The fraction of sp³-hybridized carbons (Fsp3) is 0.0714. The van der Waals surface area contributed by atoms with Gasteiger partial charge in [0.1, 0.15) is 0 Å². The zero-order chi connectivity index (χ0) is 12.4. The maximum Gasteiger partial charge on any atom is 0.222 e. The number of rotatable bonds is 2. The second kappa shape index (κ2) is 4.70. The van der Waals surface area contributed by atoms with Gasteiger partial charge in [0.2, 0.25) is 5.28 Å². The van der Waals surface area contributed by atoms with Crippen molar-refractivity contribution >= 4 is 22.5 Å². The Labute approximate surface area is 109 Å². The first-order valence-corrected chi connectivity index (χ1v) is 6.01. The van der Waals surface area contributed by atoms with Crippen LogP contribution in [0.3, 0.4) is 0 Å². The zero-order valence-electron chi connectivity index (χ0n) is 9.55. The minimum Gasteiger partial charge on any atom is -0.256 e. The summed E-state index contributed by atoms with van der Waals surface area (Å²) in [5, 5.41) is 1.43. The van der Waals surface area contributed by atoms with E-state index in [0.717, 1.165) is 23.0 Å². The third-order valence-corrected chi connectivity index (χ3v) is 2.98. The third kappa shape index (κ3) is 2.17. The highest BCUT2D eigenvalue weighted by molar-refractivity contribution is 6.28. The Morgan fingerprint density at radius 2 is 1.78 bits per heavy atom. The Morgan fingerprint density at radius 3 is 2.67 bits per heavy atom. The van der Waals surface area contributed by atoms with Gasteiger partial charge in [0.05, 0.1) is 5.52 Å². The van der Waals surface area contributed by atoms with Gasteiger partial charge in [0.15, 0.2) is 0 Å². The Bertz CT molecular complexity index is 692. The van der Waals surface area contributed by atoms with Crippen molar-refractivity contribution in [1.29, 1.82) is 0 Å². The molecule has 0 saturated heterocycles. The van der Waals surface area contributed by atoms with E-state index in [4.69, 9.17) is 11.6 Å². The van der Waals surface area contributed by atoms with E-state index >= 15 is 0 Å². The summed E-state index contributed by atoms with van der Waals surface area (Å²) in [5.74, 6) is 0. The summed E-state index contributed by atoms with van der Waals surface area (Å²) in [5.41, 5.74) is 3.09. The van der Waals surface area contributed by atoms with Crippen LogP contribution in [-0.2, 0) is 6.42 Å². The molecular formula is C14H10ClN3. The van der Waals surface area contributed by atoms with E-state index in [2.05, 4.69) is 21.0 Å². The van der Waals surface area contributed by atoms with Crippen LogP contribution in [0.4, 0.5) is 0 Å². The maximum absolute atomic E-state index is 5.79. The Kier molecular flexibility index (Phi) is 2.90. The summed E-state index contributed by atoms with van der Waals surface area (Å²) in [6.45, 7) is 0. The predicted octanol–water partition coefficient (Wildman–Crippen LogP) is 3.27. The number of hydrogen-bond acceptors (Lipinski definition) is 3. The highest BCUT2D eigenvalue weighted by atomic mass is 35.5. The summed E-state index contributed by atoms with van der Waals surface area (Å²) in [6, 6.07) is 12.0. The van der Waals surface area contributed by atoms with Crippen LogP contribution >= 0.6 is 11.6 Å². The first-order chi connectivity index (χ1) is 8.83. The Morgan fingerprint density at radius 1 is 0.944 bits per heavy atom. The third-order valence-electron chi connectivity index (χ3n) is 2.79. The number of nitrogens with zero attached hydrogens (tertiary/aromatic N) is 3. The smallest absolute Gasteiger partial charge is 0.222 e. The average molecular weight is 256 g/mol. The van der Waals surface area contributed by atoms with Gasteiger partial charge in [-0.1, -0.05) is 18.2 Å². The van der Waals surface area contributed by atoms with Crippen LogP contribution in [0.15, 0.2) is 48.8 Å². The molecule has 0 aliphatic carbocycles. The number of pyridine rings is 1. The van der Waals surface area contributed by atoms with Crippen LogP contribution in [0, 0.1) is 0 Å². The van der Waals surface area contributed by atoms with Crippen molar-refractivity contribution in [3.63, 3.8) is 0 Å². The molecule has 0 fully saturated rings. The highest BCUT2D eigenvalue weighted by Gasteiger charge is 2.04. The van der Waals surface area contributed by atoms with Crippen LogP contribution in [-0.4, -0.2) is 15.0 Å². The van der Waals surface area contributed by atoms with Crippen LogP contribution in [0.1, 0.15) is 11.3 Å². The molecule has 0 amide bonds. The standard InChI is InChI=1S/C14H10ClN3/c15-14-17-8-6-11(18-14)9-10-5-7-16-13-4-2-1-3-12(10)13/h1-8H,9H2. The average Bonchev–Trinajstić information content (AvgIpc) is 2.39. The fourth-order valence-corrected chi connectivity index (χ4v) is 2.14.